The molecule has 270 valence electrons. The molecule has 0 saturated heterocycles. The van der Waals surface area contributed by atoms with Gasteiger partial charge in [-0.3, -0.25) is 4.79 Å². The van der Waals surface area contributed by atoms with Gasteiger partial charge in [0, 0.05) is 51.9 Å². The van der Waals surface area contributed by atoms with E-state index in [2.05, 4.69) is 32.1 Å². The molecular weight excluding hydrogens is 685 g/mol. The van der Waals surface area contributed by atoms with Crippen LogP contribution < -0.4 is 0 Å². The van der Waals surface area contributed by atoms with Crippen LogP contribution in [-0.2, 0) is 27.8 Å². The highest BCUT2D eigenvalue weighted by atomic mass is 35.5. The summed E-state index contributed by atoms with van der Waals surface area (Å²) in [5.41, 5.74) is -1.90. The van der Waals surface area contributed by atoms with Crippen molar-refractivity contribution in [1.29, 1.82) is 0 Å². The van der Waals surface area contributed by atoms with E-state index in [4.69, 9.17) is 11.6 Å². The Morgan fingerprint density at radius 1 is 0.941 bits per heavy atom. The van der Waals surface area contributed by atoms with Gasteiger partial charge in [0.15, 0.2) is 5.78 Å². The van der Waals surface area contributed by atoms with Crippen LogP contribution in [0.4, 0.5) is 4.39 Å². The van der Waals surface area contributed by atoms with Gasteiger partial charge in [0.1, 0.15) is 5.82 Å². The number of aliphatic hydroxyl groups excluding tert-OH is 1. The van der Waals surface area contributed by atoms with Crippen LogP contribution in [0.3, 0.4) is 0 Å². The average molecular weight is 732 g/mol. The Morgan fingerprint density at radius 2 is 1.63 bits per heavy atom. The number of halogens is 2. The third kappa shape index (κ3) is 5.03. The molecule has 3 saturated carbocycles. The number of ketones is 1. The summed E-state index contributed by atoms with van der Waals surface area (Å²) in [7, 11) is -3.73. The zero-order valence-corrected chi connectivity index (χ0v) is 31.1. The molecule has 2 N–H and O–H groups in total. The van der Waals surface area contributed by atoms with E-state index < -0.39 is 43.8 Å². The Bertz CT molecular complexity index is 2090. The molecular formula is C42H47ClFNO5S. The number of hydrogen-bond donors (Lipinski definition) is 2. The normalized spacial score (nSPS) is 36.9. The van der Waals surface area contributed by atoms with Gasteiger partial charge in [-0.15, -0.1) is 0 Å². The third-order valence-electron chi connectivity index (χ3n) is 14.5. The van der Waals surface area contributed by atoms with E-state index in [0.29, 0.717) is 37.7 Å². The van der Waals surface area contributed by atoms with Crippen molar-refractivity contribution in [1.82, 2.24) is 4.31 Å². The molecule has 6 aliphatic rings. The van der Waals surface area contributed by atoms with Gasteiger partial charge in [-0.2, -0.15) is 4.31 Å². The molecule has 9 heteroatoms. The number of benzene rings is 3. The fourth-order valence-electron chi connectivity index (χ4n) is 11.8. The van der Waals surface area contributed by atoms with Crippen molar-refractivity contribution >= 4 is 38.2 Å². The lowest BCUT2D eigenvalue weighted by molar-refractivity contribution is -0.177. The number of Topliss-reactive ketones (excluding diaryl/α,β-unsaturated/α-hetero) is 1. The van der Waals surface area contributed by atoms with E-state index in [-0.39, 0.29) is 53.1 Å². The highest BCUT2D eigenvalue weighted by Crippen LogP contribution is 2.78. The molecule has 0 aliphatic heterocycles. The van der Waals surface area contributed by atoms with Gasteiger partial charge in [0.2, 0.25) is 10.0 Å². The van der Waals surface area contributed by atoms with Crippen LogP contribution in [0.25, 0.3) is 10.8 Å². The second-order valence-electron chi connectivity index (χ2n) is 16.8. The van der Waals surface area contributed by atoms with Crippen molar-refractivity contribution in [3.05, 3.63) is 106 Å². The van der Waals surface area contributed by atoms with Crippen molar-refractivity contribution in [3.63, 3.8) is 0 Å². The number of fused-ring (bicyclic) bond motifs is 2. The highest BCUT2D eigenvalue weighted by Gasteiger charge is 2.74. The first-order valence-electron chi connectivity index (χ1n) is 18.3. The minimum Gasteiger partial charge on any atom is -0.393 e. The van der Waals surface area contributed by atoms with Gasteiger partial charge in [0.25, 0.3) is 0 Å². The molecule has 0 heterocycles. The molecule has 6 nitrogen and oxygen atoms in total. The lowest BCUT2D eigenvalue weighted by Crippen LogP contribution is -2.67. The van der Waals surface area contributed by atoms with Crippen LogP contribution in [-0.4, -0.2) is 53.2 Å². The second-order valence-corrected chi connectivity index (χ2v) is 19.2. The Morgan fingerprint density at radius 3 is 2.39 bits per heavy atom. The summed E-state index contributed by atoms with van der Waals surface area (Å²) in [5.74, 6) is -0.818. The zero-order chi connectivity index (χ0) is 36.2. The van der Waals surface area contributed by atoms with Gasteiger partial charge in [-0.1, -0.05) is 92.2 Å². The number of carbonyl (C=O) groups excluding carboxylic acids is 1. The van der Waals surface area contributed by atoms with Crippen LogP contribution in [0, 0.1) is 39.3 Å². The molecule has 2 bridgehead atoms. The van der Waals surface area contributed by atoms with Crippen molar-refractivity contribution in [3.8, 4) is 0 Å². The first-order valence-corrected chi connectivity index (χ1v) is 20.5. The predicted octanol–water partition coefficient (Wildman–Crippen LogP) is 7.80. The van der Waals surface area contributed by atoms with Gasteiger partial charge < -0.3 is 10.2 Å². The lowest BCUT2D eigenvalue weighted by atomic mass is 9.32. The average Bonchev–Trinajstić information content (AvgIpc) is 3.35. The molecule has 0 aromatic heterocycles. The van der Waals surface area contributed by atoms with E-state index in [0.717, 1.165) is 29.2 Å². The Labute approximate surface area is 305 Å². The fourth-order valence-corrected chi connectivity index (χ4v) is 12.9. The van der Waals surface area contributed by atoms with E-state index >= 15 is 4.39 Å². The number of rotatable bonds is 8. The van der Waals surface area contributed by atoms with Gasteiger partial charge >= 0.3 is 0 Å². The minimum absolute atomic E-state index is 0.0578. The van der Waals surface area contributed by atoms with Crippen molar-refractivity contribution < 1.29 is 27.8 Å². The molecule has 0 amide bonds. The van der Waals surface area contributed by atoms with Gasteiger partial charge in [-0.25, -0.2) is 12.8 Å². The van der Waals surface area contributed by atoms with Gasteiger partial charge in [-0.05, 0) is 90.7 Å². The topological polar surface area (TPSA) is 94.9 Å². The molecule has 9 rings (SSSR count). The summed E-state index contributed by atoms with van der Waals surface area (Å²) in [4.78, 5) is 14.7. The van der Waals surface area contributed by atoms with Crippen molar-refractivity contribution in [2.45, 2.75) is 83.5 Å². The molecule has 2 spiro atoms. The van der Waals surface area contributed by atoms with E-state index in [1.54, 1.807) is 6.07 Å². The van der Waals surface area contributed by atoms with Crippen LogP contribution in [0.2, 0.25) is 5.02 Å². The van der Waals surface area contributed by atoms with Crippen LogP contribution in [0.15, 0.2) is 84.5 Å². The molecule has 6 aliphatic carbocycles. The largest absolute Gasteiger partial charge is 0.393 e. The lowest BCUT2D eigenvalue weighted by Gasteiger charge is -2.71. The maximum Gasteiger partial charge on any atom is 0.211 e. The number of nitrogens with zero attached hydrogens (tertiary/aromatic N) is 1. The van der Waals surface area contributed by atoms with Gasteiger partial charge in [0.05, 0.1) is 18.0 Å². The van der Waals surface area contributed by atoms with Crippen LogP contribution >= 0.6 is 11.6 Å². The van der Waals surface area contributed by atoms with Crippen molar-refractivity contribution in [2.75, 3.05) is 12.8 Å². The molecule has 3 fully saturated rings. The zero-order valence-electron chi connectivity index (χ0n) is 29.5. The Hall–Kier alpha value is -2.88. The van der Waals surface area contributed by atoms with Crippen LogP contribution in [0.5, 0.6) is 0 Å². The molecule has 51 heavy (non-hydrogen) atoms. The summed E-state index contributed by atoms with van der Waals surface area (Å²) < 4.78 is 43.6. The third-order valence-corrected chi connectivity index (χ3v) is 16.1. The summed E-state index contributed by atoms with van der Waals surface area (Å²) in [6, 6.07) is 18.3. The first kappa shape index (κ1) is 35.2. The Kier molecular flexibility index (Phi) is 8.14. The summed E-state index contributed by atoms with van der Waals surface area (Å²) in [5, 5.41) is 26.1. The second kappa shape index (κ2) is 11.8. The minimum atomic E-state index is -3.73. The molecule has 3 aromatic rings. The van der Waals surface area contributed by atoms with E-state index in [1.807, 2.05) is 42.5 Å². The number of allylic oxidation sites excluding steroid dienone is 4. The Balaban J connectivity index is 1.20. The smallest absolute Gasteiger partial charge is 0.211 e. The highest BCUT2D eigenvalue weighted by molar-refractivity contribution is 7.88. The fraction of sp³-hybridized carbons (Fsp3) is 0.500. The molecule has 1 unspecified atom stereocenters. The maximum absolute atomic E-state index is 15.1. The molecule has 3 aromatic carbocycles. The summed E-state index contributed by atoms with van der Waals surface area (Å²) >= 11 is 6.46. The maximum atomic E-state index is 15.1. The summed E-state index contributed by atoms with van der Waals surface area (Å²) in [6.45, 7) is 4.48. The van der Waals surface area contributed by atoms with E-state index in [9.17, 15) is 23.4 Å². The predicted molar refractivity (Wildman–Crippen MR) is 198 cm³/mol. The molecule has 8 atom stereocenters. The van der Waals surface area contributed by atoms with Crippen molar-refractivity contribution in [2.24, 2.45) is 33.5 Å². The number of sulfonamides is 1. The monoisotopic (exact) mass is 731 g/mol. The number of aliphatic hydroxyl groups is 2. The molecule has 0 radical (unpaired) electrons. The van der Waals surface area contributed by atoms with E-state index in [1.165, 1.54) is 22.7 Å². The quantitative estimate of drug-likeness (QED) is 0.231. The SMILES string of the molecule is C[C@]12CC[C@H]3[C@]4(C=C[C@@]5(C=C4C(=O)Cc4c(F)cccc4Cl)CC(O)CC[C@]35C)[C@@H]1CC[C@@]2(O)CN(Cc1cccc2ccccc12)S(C)(=O)=O. The standard InChI is InChI=1S/C42H47ClFNO5S/c1-38-17-14-29(46)23-40(38)20-21-42(32(24-40)35(47)22-31-33(43)12-7-13-34(31)44)36(38)15-18-39(2)37(42)16-19-41(39,48)26-45(51(3,49)50)25-28-10-6-9-27-8-4-5-11-30(27)28/h4-13,20-21,24,29,36-37,46,48H,14-19,22-23,25-26H2,1-3H3/t29?,36-,37-,38-,39+,40+,41-,42-/m1/s1. The number of carbonyl (C=O) groups is 1. The first-order chi connectivity index (χ1) is 24.1. The van der Waals surface area contributed by atoms with Crippen LogP contribution in [0.1, 0.15) is 69.9 Å². The number of hydrogen-bond acceptors (Lipinski definition) is 5. The summed E-state index contributed by atoms with van der Waals surface area (Å²) in [6.07, 6.45) is 11.5.